The Balaban J connectivity index is 2.45. The molecule has 100 valence electrons. The van der Waals surface area contributed by atoms with E-state index >= 15 is 0 Å². The Bertz CT molecular complexity index is 604. The van der Waals surface area contributed by atoms with E-state index in [-0.39, 0.29) is 5.02 Å². The first-order chi connectivity index (χ1) is 9.02. The van der Waals surface area contributed by atoms with Gasteiger partial charge in [-0.1, -0.05) is 29.3 Å². The van der Waals surface area contributed by atoms with Crippen molar-refractivity contribution < 1.29 is 9.13 Å². The molecule has 0 saturated heterocycles. The lowest BCUT2D eigenvalue weighted by molar-refractivity contribution is 0.408. The summed E-state index contributed by atoms with van der Waals surface area (Å²) in [4.78, 5) is 0. The number of benzene rings is 2. The maximum Gasteiger partial charge on any atom is 0.141 e. The third kappa shape index (κ3) is 3.00. The molecule has 2 N–H and O–H groups in total. The van der Waals surface area contributed by atoms with Gasteiger partial charge in [-0.15, -0.1) is 0 Å². The molecule has 0 aliphatic heterocycles. The zero-order valence-corrected chi connectivity index (χ0v) is 11.7. The van der Waals surface area contributed by atoms with Gasteiger partial charge in [0.2, 0.25) is 0 Å². The number of methoxy groups -OCH3 is 1. The van der Waals surface area contributed by atoms with Gasteiger partial charge in [-0.25, -0.2) is 4.39 Å². The SMILES string of the molecule is COc1ccc(Cl)cc1C(N)c1ccc(F)c(Cl)c1. The summed E-state index contributed by atoms with van der Waals surface area (Å²) in [5.74, 6) is 0.146. The van der Waals surface area contributed by atoms with Crippen LogP contribution < -0.4 is 10.5 Å². The van der Waals surface area contributed by atoms with E-state index in [0.717, 1.165) is 5.56 Å². The molecule has 0 aliphatic rings. The first kappa shape index (κ1) is 14.1. The van der Waals surface area contributed by atoms with Gasteiger partial charge in [0.05, 0.1) is 18.2 Å². The maximum absolute atomic E-state index is 13.2. The molecule has 0 heterocycles. The largest absolute Gasteiger partial charge is 0.496 e. The Morgan fingerprint density at radius 3 is 2.53 bits per heavy atom. The van der Waals surface area contributed by atoms with Crippen LogP contribution >= 0.6 is 23.2 Å². The summed E-state index contributed by atoms with van der Waals surface area (Å²) < 4.78 is 18.4. The molecule has 0 spiro atoms. The molecule has 2 aromatic rings. The Hall–Kier alpha value is -1.29. The standard InChI is InChI=1S/C14H12Cl2FNO/c1-19-13-5-3-9(15)7-10(13)14(18)8-2-4-12(17)11(16)6-8/h2-7,14H,18H2,1H3. The molecular weight excluding hydrogens is 288 g/mol. The number of hydrogen-bond donors (Lipinski definition) is 1. The van der Waals surface area contributed by atoms with Gasteiger partial charge >= 0.3 is 0 Å². The molecule has 0 bridgehead atoms. The second kappa shape index (κ2) is 5.78. The van der Waals surface area contributed by atoms with Gasteiger partial charge in [0, 0.05) is 10.6 Å². The predicted molar refractivity (Wildman–Crippen MR) is 75.4 cm³/mol. The molecule has 1 unspecified atom stereocenters. The first-order valence-electron chi connectivity index (χ1n) is 5.57. The number of rotatable bonds is 3. The number of ether oxygens (including phenoxy) is 1. The minimum atomic E-state index is -0.494. The molecule has 0 radical (unpaired) electrons. The van der Waals surface area contributed by atoms with Crippen molar-refractivity contribution in [2.45, 2.75) is 6.04 Å². The lowest BCUT2D eigenvalue weighted by Crippen LogP contribution is -2.13. The van der Waals surface area contributed by atoms with Gasteiger partial charge in [0.15, 0.2) is 0 Å². The predicted octanol–water partition coefficient (Wildman–Crippen LogP) is 4.19. The van der Waals surface area contributed by atoms with E-state index in [4.69, 9.17) is 33.7 Å². The highest BCUT2D eigenvalue weighted by Gasteiger charge is 2.16. The van der Waals surface area contributed by atoms with Crippen LogP contribution in [0.4, 0.5) is 4.39 Å². The van der Waals surface area contributed by atoms with Gasteiger partial charge in [-0.2, -0.15) is 0 Å². The van der Waals surface area contributed by atoms with Crippen LogP contribution in [0.5, 0.6) is 5.75 Å². The minimum Gasteiger partial charge on any atom is -0.496 e. The van der Waals surface area contributed by atoms with Crippen molar-refractivity contribution in [3.63, 3.8) is 0 Å². The molecule has 2 aromatic carbocycles. The molecule has 19 heavy (non-hydrogen) atoms. The lowest BCUT2D eigenvalue weighted by Gasteiger charge is -2.17. The summed E-state index contributed by atoms with van der Waals surface area (Å²) in [6.07, 6.45) is 0. The fourth-order valence-corrected chi connectivity index (χ4v) is 2.20. The summed E-state index contributed by atoms with van der Waals surface area (Å²) >= 11 is 11.7. The van der Waals surface area contributed by atoms with Gasteiger partial charge < -0.3 is 10.5 Å². The molecular formula is C14H12Cl2FNO. The molecule has 2 rings (SSSR count). The minimum absolute atomic E-state index is 0.0361. The fraction of sp³-hybridized carbons (Fsp3) is 0.143. The van der Waals surface area contributed by atoms with Crippen molar-refractivity contribution in [2.75, 3.05) is 7.11 Å². The van der Waals surface area contributed by atoms with E-state index in [1.165, 1.54) is 12.1 Å². The maximum atomic E-state index is 13.2. The Kier molecular flexibility index (Phi) is 4.30. The Labute approximate surface area is 120 Å². The third-order valence-electron chi connectivity index (χ3n) is 2.83. The summed E-state index contributed by atoms with van der Waals surface area (Å²) in [5.41, 5.74) is 7.57. The van der Waals surface area contributed by atoms with Crippen LogP contribution in [0.25, 0.3) is 0 Å². The van der Waals surface area contributed by atoms with E-state index in [0.29, 0.717) is 16.3 Å². The van der Waals surface area contributed by atoms with Gasteiger partial charge in [-0.3, -0.25) is 0 Å². The molecule has 0 saturated carbocycles. The second-order valence-corrected chi connectivity index (χ2v) is 4.88. The Morgan fingerprint density at radius 2 is 1.89 bits per heavy atom. The molecule has 2 nitrogen and oxygen atoms in total. The van der Waals surface area contributed by atoms with Crippen molar-refractivity contribution in [1.82, 2.24) is 0 Å². The molecule has 0 amide bonds. The van der Waals surface area contributed by atoms with Gasteiger partial charge in [0.1, 0.15) is 11.6 Å². The van der Waals surface area contributed by atoms with Gasteiger partial charge in [0.25, 0.3) is 0 Å². The lowest BCUT2D eigenvalue weighted by atomic mass is 9.99. The third-order valence-corrected chi connectivity index (χ3v) is 3.35. The summed E-state index contributed by atoms with van der Waals surface area (Å²) in [6.45, 7) is 0. The fourth-order valence-electron chi connectivity index (χ4n) is 1.83. The zero-order valence-electron chi connectivity index (χ0n) is 10.2. The molecule has 0 aromatic heterocycles. The zero-order chi connectivity index (χ0) is 14.0. The topological polar surface area (TPSA) is 35.2 Å². The van der Waals surface area contributed by atoms with Crippen molar-refractivity contribution in [3.8, 4) is 5.75 Å². The normalized spacial score (nSPS) is 12.3. The number of nitrogens with two attached hydrogens (primary N) is 1. The number of hydrogen-bond acceptors (Lipinski definition) is 2. The summed E-state index contributed by atoms with van der Waals surface area (Å²) in [5, 5.41) is 0.591. The van der Waals surface area contributed by atoms with E-state index in [1.54, 1.807) is 31.4 Å². The smallest absolute Gasteiger partial charge is 0.141 e. The summed E-state index contributed by atoms with van der Waals surface area (Å²) in [7, 11) is 1.55. The van der Waals surface area contributed by atoms with Crippen LogP contribution in [0.15, 0.2) is 36.4 Å². The Morgan fingerprint density at radius 1 is 1.16 bits per heavy atom. The van der Waals surface area contributed by atoms with Crippen molar-refractivity contribution in [1.29, 1.82) is 0 Å². The number of halogens is 3. The van der Waals surface area contributed by atoms with Crippen LogP contribution in [0.3, 0.4) is 0 Å². The first-order valence-corrected chi connectivity index (χ1v) is 6.32. The average Bonchev–Trinajstić information content (AvgIpc) is 2.41. The van der Waals surface area contributed by atoms with E-state index in [1.807, 2.05) is 0 Å². The van der Waals surface area contributed by atoms with E-state index in [9.17, 15) is 4.39 Å². The van der Waals surface area contributed by atoms with Crippen LogP contribution in [0.2, 0.25) is 10.0 Å². The van der Waals surface area contributed by atoms with Crippen LogP contribution in [0.1, 0.15) is 17.2 Å². The van der Waals surface area contributed by atoms with E-state index in [2.05, 4.69) is 0 Å². The summed E-state index contributed by atoms with van der Waals surface area (Å²) in [6, 6.07) is 9.06. The highest BCUT2D eigenvalue weighted by atomic mass is 35.5. The molecule has 0 fully saturated rings. The van der Waals surface area contributed by atoms with Crippen molar-refractivity contribution >= 4 is 23.2 Å². The quantitative estimate of drug-likeness (QED) is 0.922. The highest BCUT2D eigenvalue weighted by molar-refractivity contribution is 6.31. The van der Waals surface area contributed by atoms with Crippen LogP contribution in [-0.4, -0.2) is 7.11 Å². The van der Waals surface area contributed by atoms with Crippen LogP contribution in [-0.2, 0) is 0 Å². The van der Waals surface area contributed by atoms with Gasteiger partial charge in [-0.05, 0) is 35.9 Å². The van der Waals surface area contributed by atoms with Crippen molar-refractivity contribution in [2.24, 2.45) is 5.73 Å². The monoisotopic (exact) mass is 299 g/mol. The second-order valence-electron chi connectivity index (χ2n) is 4.04. The van der Waals surface area contributed by atoms with E-state index < -0.39 is 11.9 Å². The average molecular weight is 300 g/mol. The highest BCUT2D eigenvalue weighted by Crippen LogP contribution is 2.32. The molecule has 5 heteroatoms. The van der Waals surface area contributed by atoms with Crippen LogP contribution in [0, 0.1) is 5.82 Å². The molecule has 0 aliphatic carbocycles. The van der Waals surface area contributed by atoms with Crippen molar-refractivity contribution in [3.05, 3.63) is 63.4 Å². The molecule has 1 atom stereocenters.